The number of hydrogen-bond acceptors (Lipinski definition) is 6. The van der Waals surface area contributed by atoms with Crippen LogP contribution < -0.4 is 5.32 Å². The molecule has 1 aliphatic heterocycles. The Labute approximate surface area is 153 Å². The maximum absolute atomic E-state index is 12.8. The highest BCUT2D eigenvalue weighted by atomic mass is 32.1. The molecule has 2 aromatic carbocycles. The first-order valence-corrected chi connectivity index (χ1v) is 8.89. The molecule has 8 heteroatoms. The Bertz CT molecular complexity index is 944. The van der Waals surface area contributed by atoms with Crippen LogP contribution in [0.25, 0.3) is 11.0 Å². The fraction of sp³-hybridized carbons (Fsp3) is 0.222. The molecule has 26 heavy (non-hydrogen) atoms. The second-order valence-corrected chi connectivity index (χ2v) is 6.49. The monoisotopic (exact) mass is 368 g/mol. The Kier molecular flexibility index (Phi) is 4.59. The average molecular weight is 368 g/mol. The molecule has 1 aliphatic rings. The third-order valence-corrected chi connectivity index (χ3v) is 4.78. The second kappa shape index (κ2) is 7.19. The summed E-state index contributed by atoms with van der Waals surface area (Å²) in [7, 11) is 0. The first kappa shape index (κ1) is 16.6. The molecule has 2 heterocycles. The normalized spacial score (nSPS) is 17.5. The van der Waals surface area contributed by atoms with Gasteiger partial charge in [-0.05, 0) is 17.7 Å². The first-order chi connectivity index (χ1) is 12.7. The summed E-state index contributed by atoms with van der Waals surface area (Å²) in [5, 5.41) is 2.87. The Morgan fingerprint density at radius 3 is 2.88 bits per heavy atom. The summed E-state index contributed by atoms with van der Waals surface area (Å²) >= 11 is 1.09. The van der Waals surface area contributed by atoms with Crippen LogP contribution in [0.5, 0.6) is 0 Å². The lowest BCUT2D eigenvalue weighted by molar-refractivity contribution is -0.154. The van der Waals surface area contributed by atoms with Crippen molar-refractivity contribution in [2.75, 3.05) is 18.5 Å². The van der Waals surface area contributed by atoms with Gasteiger partial charge in [0.1, 0.15) is 23.7 Å². The highest BCUT2D eigenvalue weighted by molar-refractivity contribution is 7.00. The molecule has 0 saturated carbocycles. The van der Waals surface area contributed by atoms with E-state index in [1.165, 1.54) is 0 Å². The number of morpholine rings is 1. The molecule has 0 aliphatic carbocycles. The van der Waals surface area contributed by atoms with E-state index in [4.69, 9.17) is 4.74 Å². The molecule has 1 N–H and O–H groups in total. The average Bonchev–Trinajstić information content (AvgIpc) is 3.14. The van der Waals surface area contributed by atoms with Gasteiger partial charge < -0.3 is 15.0 Å². The zero-order chi connectivity index (χ0) is 17.9. The van der Waals surface area contributed by atoms with Crippen molar-refractivity contribution in [3.05, 3.63) is 54.1 Å². The quantitative estimate of drug-likeness (QED) is 0.762. The van der Waals surface area contributed by atoms with Gasteiger partial charge in [0.2, 0.25) is 11.8 Å². The number of fused-ring (bicyclic) bond motifs is 1. The van der Waals surface area contributed by atoms with Crippen LogP contribution >= 0.6 is 11.7 Å². The number of carbonyl (C=O) groups is 2. The summed E-state index contributed by atoms with van der Waals surface area (Å²) in [6.45, 7) is 0.515. The van der Waals surface area contributed by atoms with Gasteiger partial charge in [0, 0.05) is 6.54 Å². The second-order valence-electron chi connectivity index (χ2n) is 5.96. The van der Waals surface area contributed by atoms with Crippen molar-refractivity contribution in [1.29, 1.82) is 0 Å². The highest BCUT2D eigenvalue weighted by Crippen LogP contribution is 2.22. The van der Waals surface area contributed by atoms with E-state index in [1.54, 1.807) is 11.0 Å². The minimum absolute atomic E-state index is 0.0117. The van der Waals surface area contributed by atoms with Crippen molar-refractivity contribution in [2.45, 2.75) is 12.6 Å². The number of aromatic nitrogens is 2. The Morgan fingerprint density at radius 1 is 1.19 bits per heavy atom. The molecule has 0 spiro atoms. The van der Waals surface area contributed by atoms with Crippen molar-refractivity contribution >= 4 is 40.3 Å². The van der Waals surface area contributed by atoms with Crippen LogP contribution in [-0.2, 0) is 20.9 Å². The lowest BCUT2D eigenvalue weighted by Gasteiger charge is -2.34. The highest BCUT2D eigenvalue weighted by Gasteiger charge is 2.34. The largest absolute Gasteiger partial charge is 0.369 e. The molecule has 1 fully saturated rings. The number of rotatable bonds is 4. The van der Waals surface area contributed by atoms with Crippen molar-refractivity contribution in [3.63, 3.8) is 0 Å². The Balaban J connectivity index is 1.56. The van der Waals surface area contributed by atoms with E-state index in [0.29, 0.717) is 17.7 Å². The number of amides is 2. The standard InChI is InChI=1S/C18H16N4O3S/c23-16-11-25-10-15(22(16)9-12-5-2-1-3-6-12)18(24)19-13-7-4-8-14-17(13)21-26-20-14/h1-8,15H,9-11H2,(H,19,24)/t15-/m1/s1. The molecule has 4 rings (SSSR count). The van der Waals surface area contributed by atoms with E-state index >= 15 is 0 Å². The van der Waals surface area contributed by atoms with Crippen LogP contribution in [0, 0.1) is 0 Å². The van der Waals surface area contributed by atoms with E-state index in [1.807, 2.05) is 42.5 Å². The van der Waals surface area contributed by atoms with Gasteiger partial charge >= 0.3 is 0 Å². The lowest BCUT2D eigenvalue weighted by atomic mass is 10.1. The van der Waals surface area contributed by atoms with Crippen LogP contribution in [-0.4, -0.2) is 44.7 Å². The van der Waals surface area contributed by atoms with Gasteiger partial charge in [0.15, 0.2) is 0 Å². The summed E-state index contributed by atoms with van der Waals surface area (Å²) in [4.78, 5) is 26.7. The number of hydrogen-bond donors (Lipinski definition) is 1. The van der Waals surface area contributed by atoms with Gasteiger partial charge in [0.25, 0.3) is 0 Å². The summed E-state index contributed by atoms with van der Waals surface area (Å²) in [5.74, 6) is -0.497. The van der Waals surface area contributed by atoms with E-state index in [0.717, 1.165) is 22.8 Å². The number of benzene rings is 2. The van der Waals surface area contributed by atoms with Crippen molar-refractivity contribution < 1.29 is 14.3 Å². The van der Waals surface area contributed by atoms with Crippen molar-refractivity contribution in [2.24, 2.45) is 0 Å². The predicted molar refractivity (Wildman–Crippen MR) is 97.6 cm³/mol. The number of nitrogens with one attached hydrogen (secondary N) is 1. The van der Waals surface area contributed by atoms with Gasteiger partial charge in [-0.2, -0.15) is 8.75 Å². The van der Waals surface area contributed by atoms with Crippen molar-refractivity contribution in [1.82, 2.24) is 13.6 Å². The minimum atomic E-state index is -0.696. The first-order valence-electron chi connectivity index (χ1n) is 8.15. The van der Waals surface area contributed by atoms with Gasteiger partial charge in [-0.3, -0.25) is 9.59 Å². The van der Waals surface area contributed by atoms with Crippen molar-refractivity contribution in [3.8, 4) is 0 Å². The number of ether oxygens (including phenoxy) is 1. The molecule has 132 valence electrons. The van der Waals surface area contributed by atoms with Crippen LogP contribution in [0.2, 0.25) is 0 Å². The van der Waals surface area contributed by atoms with E-state index in [9.17, 15) is 9.59 Å². The molecule has 3 aromatic rings. The molecule has 1 atom stereocenters. The third-order valence-electron chi connectivity index (χ3n) is 4.24. The SMILES string of the molecule is O=C(Nc1cccc2nsnc12)[C@H]1COCC(=O)N1Cc1ccccc1. The fourth-order valence-electron chi connectivity index (χ4n) is 2.92. The van der Waals surface area contributed by atoms with Crippen LogP contribution in [0.4, 0.5) is 5.69 Å². The summed E-state index contributed by atoms with van der Waals surface area (Å²) in [5.41, 5.74) is 2.92. The fourth-order valence-corrected chi connectivity index (χ4v) is 3.47. The zero-order valence-corrected chi connectivity index (χ0v) is 14.6. The maximum Gasteiger partial charge on any atom is 0.249 e. The smallest absolute Gasteiger partial charge is 0.249 e. The molecule has 0 radical (unpaired) electrons. The van der Waals surface area contributed by atoms with Gasteiger partial charge in [-0.25, -0.2) is 0 Å². The third kappa shape index (κ3) is 3.29. The van der Waals surface area contributed by atoms with E-state index < -0.39 is 6.04 Å². The van der Waals surface area contributed by atoms with Crippen LogP contribution in [0.1, 0.15) is 5.56 Å². The Hall–Kier alpha value is -2.84. The van der Waals surface area contributed by atoms with Gasteiger partial charge in [-0.15, -0.1) is 0 Å². The summed E-state index contributed by atoms with van der Waals surface area (Å²) in [6, 6.07) is 14.3. The zero-order valence-electron chi connectivity index (χ0n) is 13.8. The van der Waals surface area contributed by atoms with Crippen LogP contribution in [0.15, 0.2) is 48.5 Å². The van der Waals surface area contributed by atoms with Crippen LogP contribution in [0.3, 0.4) is 0 Å². The summed E-state index contributed by atoms with van der Waals surface area (Å²) < 4.78 is 13.7. The van der Waals surface area contributed by atoms with E-state index in [-0.39, 0.29) is 25.0 Å². The Morgan fingerprint density at radius 2 is 2.04 bits per heavy atom. The van der Waals surface area contributed by atoms with Gasteiger partial charge in [-0.1, -0.05) is 36.4 Å². The molecule has 0 unspecified atom stereocenters. The number of carbonyl (C=O) groups excluding carboxylic acids is 2. The number of anilines is 1. The van der Waals surface area contributed by atoms with Gasteiger partial charge in [0.05, 0.1) is 24.0 Å². The molecule has 1 saturated heterocycles. The molecule has 2 amide bonds. The molecular weight excluding hydrogens is 352 g/mol. The topological polar surface area (TPSA) is 84.4 Å². The summed E-state index contributed by atoms with van der Waals surface area (Å²) in [6.07, 6.45) is 0. The lowest BCUT2D eigenvalue weighted by Crippen LogP contribution is -2.54. The minimum Gasteiger partial charge on any atom is -0.369 e. The number of nitrogens with zero attached hydrogens (tertiary/aromatic N) is 3. The van der Waals surface area contributed by atoms with E-state index in [2.05, 4.69) is 14.1 Å². The molecule has 7 nitrogen and oxygen atoms in total. The predicted octanol–water partition coefficient (Wildman–Crippen LogP) is 2.06. The molecule has 0 bridgehead atoms. The maximum atomic E-state index is 12.8. The molecular formula is C18H16N4O3S. The molecule has 1 aromatic heterocycles.